The van der Waals surface area contributed by atoms with Gasteiger partial charge >= 0.3 is 6.09 Å². The standard InChI is InChI=1S/C12H13NO5/c1-16-9-2-3-11(8(4-9)6-14)17-7-10-5-13-12(15)18-10/h2-4,6,10H,5,7H2,1H3,(H,13,15). The Bertz CT molecular complexity index is 460. The predicted molar refractivity (Wildman–Crippen MR) is 62.1 cm³/mol. The third kappa shape index (κ3) is 2.71. The Morgan fingerprint density at radius 1 is 1.56 bits per heavy atom. The number of aldehydes is 1. The maximum Gasteiger partial charge on any atom is 0.407 e. The molecule has 1 amide bonds. The van der Waals surface area contributed by atoms with Gasteiger partial charge in [0.1, 0.15) is 18.1 Å². The molecule has 6 heteroatoms. The Labute approximate surface area is 104 Å². The lowest BCUT2D eigenvalue weighted by Crippen LogP contribution is -2.22. The molecule has 0 spiro atoms. The van der Waals surface area contributed by atoms with Crippen molar-refractivity contribution in [1.82, 2.24) is 5.32 Å². The van der Waals surface area contributed by atoms with Crippen LogP contribution in [-0.4, -0.2) is 38.7 Å². The van der Waals surface area contributed by atoms with E-state index in [1.165, 1.54) is 7.11 Å². The highest BCUT2D eigenvalue weighted by atomic mass is 16.6. The Morgan fingerprint density at radius 3 is 3.00 bits per heavy atom. The molecule has 1 fully saturated rings. The first-order chi connectivity index (χ1) is 8.72. The number of methoxy groups -OCH3 is 1. The molecule has 1 atom stereocenters. The molecule has 0 radical (unpaired) electrons. The molecular formula is C12H13NO5. The molecule has 1 aromatic carbocycles. The summed E-state index contributed by atoms with van der Waals surface area (Å²) < 4.78 is 15.4. The van der Waals surface area contributed by atoms with Gasteiger partial charge in [0.15, 0.2) is 12.4 Å². The minimum absolute atomic E-state index is 0.200. The number of alkyl carbamates (subject to hydrolysis) is 1. The van der Waals surface area contributed by atoms with Gasteiger partial charge in [-0.15, -0.1) is 0 Å². The van der Waals surface area contributed by atoms with E-state index in [0.717, 1.165) is 0 Å². The number of benzene rings is 1. The Hall–Kier alpha value is -2.24. The molecule has 1 aromatic rings. The molecule has 18 heavy (non-hydrogen) atoms. The van der Waals surface area contributed by atoms with Crippen LogP contribution in [0.25, 0.3) is 0 Å². The molecule has 0 saturated carbocycles. The van der Waals surface area contributed by atoms with Crippen molar-refractivity contribution in [3.63, 3.8) is 0 Å². The topological polar surface area (TPSA) is 73.9 Å². The van der Waals surface area contributed by atoms with Crippen LogP contribution in [0.15, 0.2) is 18.2 Å². The fourth-order valence-electron chi connectivity index (χ4n) is 1.58. The van der Waals surface area contributed by atoms with Crippen molar-refractivity contribution in [2.75, 3.05) is 20.3 Å². The monoisotopic (exact) mass is 251 g/mol. The molecule has 1 N–H and O–H groups in total. The average molecular weight is 251 g/mol. The number of hydrogen-bond acceptors (Lipinski definition) is 5. The molecular weight excluding hydrogens is 238 g/mol. The average Bonchev–Trinajstić information content (AvgIpc) is 2.82. The molecule has 2 rings (SSSR count). The summed E-state index contributed by atoms with van der Waals surface area (Å²) in [6.07, 6.45) is -0.0930. The lowest BCUT2D eigenvalue weighted by atomic mass is 10.2. The van der Waals surface area contributed by atoms with Crippen LogP contribution in [0.2, 0.25) is 0 Å². The van der Waals surface area contributed by atoms with E-state index in [1.807, 2.05) is 0 Å². The van der Waals surface area contributed by atoms with E-state index in [-0.39, 0.29) is 12.7 Å². The van der Waals surface area contributed by atoms with Crippen molar-refractivity contribution < 1.29 is 23.8 Å². The van der Waals surface area contributed by atoms with E-state index in [1.54, 1.807) is 18.2 Å². The van der Waals surface area contributed by atoms with Crippen LogP contribution in [0.4, 0.5) is 4.79 Å². The third-order valence-electron chi connectivity index (χ3n) is 2.52. The summed E-state index contributed by atoms with van der Waals surface area (Å²) in [5.41, 5.74) is 0.395. The van der Waals surface area contributed by atoms with Gasteiger partial charge < -0.3 is 19.5 Å². The zero-order valence-electron chi connectivity index (χ0n) is 9.84. The third-order valence-corrected chi connectivity index (χ3v) is 2.52. The molecule has 0 aromatic heterocycles. The van der Waals surface area contributed by atoms with Gasteiger partial charge in [-0.2, -0.15) is 0 Å². The molecule has 1 aliphatic rings. The summed E-state index contributed by atoms with van der Waals surface area (Å²) in [7, 11) is 1.52. The van der Waals surface area contributed by atoms with Crippen molar-refractivity contribution >= 4 is 12.4 Å². The van der Waals surface area contributed by atoms with Gasteiger partial charge in [0.05, 0.1) is 19.2 Å². The lowest BCUT2D eigenvalue weighted by Gasteiger charge is -2.12. The smallest absolute Gasteiger partial charge is 0.407 e. The van der Waals surface area contributed by atoms with Gasteiger partial charge in [-0.25, -0.2) is 4.79 Å². The maximum atomic E-state index is 10.9. The van der Waals surface area contributed by atoms with E-state index >= 15 is 0 Å². The van der Waals surface area contributed by atoms with Crippen molar-refractivity contribution in [2.24, 2.45) is 0 Å². The number of hydrogen-bond donors (Lipinski definition) is 1. The number of nitrogens with one attached hydrogen (secondary N) is 1. The molecule has 1 heterocycles. The Morgan fingerprint density at radius 2 is 2.39 bits per heavy atom. The van der Waals surface area contributed by atoms with Gasteiger partial charge in [0, 0.05) is 0 Å². The largest absolute Gasteiger partial charge is 0.497 e. The minimum Gasteiger partial charge on any atom is -0.497 e. The normalized spacial score (nSPS) is 17.8. The van der Waals surface area contributed by atoms with Crippen LogP contribution in [0.1, 0.15) is 10.4 Å². The van der Waals surface area contributed by atoms with Crippen LogP contribution in [0.3, 0.4) is 0 Å². The number of cyclic esters (lactones) is 1. The second-order valence-corrected chi connectivity index (χ2v) is 3.74. The van der Waals surface area contributed by atoms with E-state index < -0.39 is 6.09 Å². The van der Waals surface area contributed by atoms with Gasteiger partial charge in [-0.05, 0) is 18.2 Å². The number of carbonyl (C=O) groups is 2. The zero-order chi connectivity index (χ0) is 13.0. The van der Waals surface area contributed by atoms with Crippen LogP contribution in [0.5, 0.6) is 11.5 Å². The van der Waals surface area contributed by atoms with Crippen LogP contribution < -0.4 is 14.8 Å². The minimum atomic E-state index is -0.450. The number of carbonyl (C=O) groups excluding carboxylic acids is 2. The molecule has 0 bridgehead atoms. The van der Waals surface area contributed by atoms with Crippen molar-refractivity contribution in [3.8, 4) is 11.5 Å². The first-order valence-corrected chi connectivity index (χ1v) is 5.43. The number of rotatable bonds is 5. The fourth-order valence-corrected chi connectivity index (χ4v) is 1.58. The SMILES string of the molecule is COc1ccc(OCC2CNC(=O)O2)c(C=O)c1. The summed E-state index contributed by atoms with van der Waals surface area (Å²) in [5.74, 6) is 1.02. The maximum absolute atomic E-state index is 10.9. The highest BCUT2D eigenvalue weighted by Crippen LogP contribution is 2.23. The van der Waals surface area contributed by atoms with Crippen LogP contribution in [0, 0.1) is 0 Å². The molecule has 1 aliphatic heterocycles. The zero-order valence-corrected chi connectivity index (χ0v) is 9.84. The highest BCUT2D eigenvalue weighted by Gasteiger charge is 2.23. The quantitative estimate of drug-likeness (QED) is 0.790. The fraction of sp³-hybridized carbons (Fsp3) is 0.333. The molecule has 0 aliphatic carbocycles. The highest BCUT2D eigenvalue weighted by molar-refractivity contribution is 5.80. The molecule has 1 unspecified atom stereocenters. The summed E-state index contributed by atoms with van der Waals surface area (Å²) in [4.78, 5) is 21.7. The second kappa shape index (κ2) is 5.39. The van der Waals surface area contributed by atoms with Gasteiger partial charge in [-0.3, -0.25) is 4.79 Å². The van der Waals surface area contributed by atoms with E-state index in [2.05, 4.69) is 5.32 Å². The molecule has 96 valence electrons. The predicted octanol–water partition coefficient (Wildman–Crippen LogP) is 0.995. The van der Waals surface area contributed by atoms with E-state index in [9.17, 15) is 9.59 Å². The summed E-state index contributed by atoms with van der Waals surface area (Å²) >= 11 is 0. The Kier molecular flexibility index (Phi) is 3.66. The van der Waals surface area contributed by atoms with E-state index in [0.29, 0.717) is 29.9 Å². The van der Waals surface area contributed by atoms with Crippen LogP contribution >= 0.6 is 0 Å². The first-order valence-electron chi connectivity index (χ1n) is 5.43. The number of ether oxygens (including phenoxy) is 3. The van der Waals surface area contributed by atoms with Crippen molar-refractivity contribution in [1.29, 1.82) is 0 Å². The second-order valence-electron chi connectivity index (χ2n) is 3.74. The molecule has 6 nitrogen and oxygen atoms in total. The van der Waals surface area contributed by atoms with Gasteiger partial charge in [0.2, 0.25) is 0 Å². The Balaban J connectivity index is 2.00. The van der Waals surface area contributed by atoms with Gasteiger partial charge in [0.25, 0.3) is 0 Å². The number of amides is 1. The summed E-state index contributed by atoms with van der Waals surface area (Å²) in [5, 5.41) is 2.52. The lowest BCUT2D eigenvalue weighted by molar-refractivity contribution is 0.102. The van der Waals surface area contributed by atoms with Crippen molar-refractivity contribution in [2.45, 2.75) is 6.10 Å². The molecule has 1 saturated heterocycles. The summed E-state index contributed by atoms with van der Waals surface area (Å²) in [6.45, 7) is 0.608. The summed E-state index contributed by atoms with van der Waals surface area (Å²) in [6, 6.07) is 4.93. The van der Waals surface area contributed by atoms with Crippen molar-refractivity contribution in [3.05, 3.63) is 23.8 Å². The van der Waals surface area contributed by atoms with Gasteiger partial charge in [-0.1, -0.05) is 0 Å². The van der Waals surface area contributed by atoms with E-state index in [4.69, 9.17) is 14.2 Å². The van der Waals surface area contributed by atoms with Crippen LogP contribution in [-0.2, 0) is 4.74 Å². The first kappa shape index (κ1) is 12.2.